The van der Waals surface area contributed by atoms with Crippen molar-refractivity contribution in [2.24, 2.45) is 0 Å². The summed E-state index contributed by atoms with van der Waals surface area (Å²) >= 11 is 0. The van der Waals surface area contributed by atoms with Crippen molar-refractivity contribution in [3.8, 4) is 5.75 Å². The molecule has 0 aromatic heterocycles. The van der Waals surface area contributed by atoms with Crippen LogP contribution in [0, 0.1) is 0 Å². The summed E-state index contributed by atoms with van der Waals surface area (Å²) in [5.41, 5.74) is 0.888. The van der Waals surface area contributed by atoms with E-state index in [1.54, 1.807) is 26.2 Å². The topological polar surface area (TPSA) is 96.9 Å². The Morgan fingerprint density at radius 1 is 1.23 bits per heavy atom. The number of ether oxygens (including phenoxy) is 2. The minimum Gasteiger partial charge on any atom is -0.496 e. The molecule has 0 unspecified atom stereocenters. The Balaban J connectivity index is 1.87. The van der Waals surface area contributed by atoms with Crippen molar-refractivity contribution in [1.82, 2.24) is 10.6 Å². The van der Waals surface area contributed by atoms with Crippen LogP contribution in [-0.2, 0) is 20.9 Å². The lowest BCUT2D eigenvalue weighted by molar-refractivity contribution is -0.128. The predicted molar refractivity (Wildman–Crippen MR) is 96.6 cm³/mol. The zero-order valence-corrected chi connectivity index (χ0v) is 15.1. The van der Waals surface area contributed by atoms with Crippen LogP contribution in [0.2, 0.25) is 0 Å². The number of benzene rings is 1. The van der Waals surface area contributed by atoms with Crippen LogP contribution in [0.4, 0.5) is 0 Å². The van der Waals surface area contributed by atoms with Crippen molar-refractivity contribution in [3.63, 3.8) is 0 Å². The number of rotatable bonds is 8. The van der Waals surface area contributed by atoms with Gasteiger partial charge in [-0.3, -0.25) is 9.59 Å². The lowest BCUT2D eigenvalue weighted by Crippen LogP contribution is -2.48. The van der Waals surface area contributed by atoms with Gasteiger partial charge in [-0.1, -0.05) is 37.3 Å². The van der Waals surface area contributed by atoms with E-state index in [2.05, 4.69) is 10.6 Å². The first-order valence-electron chi connectivity index (χ1n) is 8.70. The maximum absolute atomic E-state index is 12.2. The molecule has 2 rings (SSSR count). The van der Waals surface area contributed by atoms with Crippen molar-refractivity contribution < 1.29 is 24.2 Å². The zero-order valence-electron chi connectivity index (χ0n) is 15.1. The van der Waals surface area contributed by atoms with Gasteiger partial charge in [-0.25, -0.2) is 0 Å². The average Bonchev–Trinajstić information content (AvgIpc) is 2.67. The van der Waals surface area contributed by atoms with Gasteiger partial charge in [0, 0.05) is 18.5 Å². The van der Waals surface area contributed by atoms with E-state index in [-0.39, 0.29) is 30.9 Å². The second kappa shape index (κ2) is 9.94. The van der Waals surface area contributed by atoms with Gasteiger partial charge in [0.1, 0.15) is 11.9 Å². The molecule has 2 amide bonds. The van der Waals surface area contributed by atoms with Crippen LogP contribution in [0.3, 0.4) is 0 Å². The maximum atomic E-state index is 12.2. The molecule has 0 saturated heterocycles. The zero-order chi connectivity index (χ0) is 18.9. The number of aliphatic hydroxyl groups is 1. The molecule has 1 aromatic carbocycles. The highest BCUT2D eigenvalue weighted by Gasteiger charge is 2.28. The van der Waals surface area contributed by atoms with Crippen LogP contribution in [0.25, 0.3) is 0 Å². The molecule has 0 bridgehead atoms. The molecule has 7 heteroatoms. The van der Waals surface area contributed by atoms with Crippen molar-refractivity contribution in [2.45, 2.75) is 44.6 Å². The Hall–Kier alpha value is -2.38. The normalized spacial score (nSPS) is 21.9. The van der Waals surface area contributed by atoms with E-state index in [1.807, 2.05) is 24.3 Å². The second-order valence-corrected chi connectivity index (χ2v) is 6.02. The number of hydrogen-bond acceptors (Lipinski definition) is 5. The van der Waals surface area contributed by atoms with Crippen LogP contribution in [0.1, 0.15) is 25.3 Å². The first-order valence-corrected chi connectivity index (χ1v) is 8.70. The fourth-order valence-corrected chi connectivity index (χ4v) is 2.72. The summed E-state index contributed by atoms with van der Waals surface area (Å²) in [7, 11) is 1.59. The van der Waals surface area contributed by atoms with E-state index < -0.39 is 12.2 Å². The number of carbonyl (C=O) groups is 2. The number of nitrogens with one attached hydrogen (secondary N) is 2. The highest BCUT2D eigenvalue weighted by atomic mass is 16.5. The maximum Gasteiger partial charge on any atom is 0.223 e. The van der Waals surface area contributed by atoms with Crippen LogP contribution in [-0.4, -0.2) is 48.9 Å². The number of carbonyl (C=O) groups excluding carboxylic acids is 2. The largest absolute Gasteiger partial charge is 0.496 e. The molecule has 0 fully saturated rings. The summed E-state index contributed by atoms with van der Waals surface area (Å²) in [4.78, 5) is 23.7. The van der Waals surface area contributed by atoms with Gasteiger partial charge in [-0.15, -0.1) is 0 Å². The number of amides is 2. The van der Waals surface area contributed by atoms with E-state index in [1.165, 1.54) is 0 Å². The lowest BCUT2D eigenvalue weighted by Gasteiger charge is -2.31. The van der Waals surface area contributed by atoms with Gasteiger partial charge < -0.3 is 25.2 Å². The molecule has 1 aliphatic rings. The molecule has 1 aliphatic heterocycles. The quantitative estimate of drug-likeness (QED) is 0.598. The van der Waals surface area contributed by atoms with Gasteiger partial charge in [-0.2, -0.15) is 0 Å². The highest BCUT2D eigenvalue weighted by Crippen LogP contribution is 2.18. The molecule has 3 N–H and O–H groups in total. The highest BCUT2D eigenvalue weighted by molar-refractivity contribution is 5.77. The van der Waals surface area contributed by atoms with Crippen LogP contribution in [0.15, 0.2) is 36.4 Å². The Labute approximate surface area is 153 Å². The summed E-state index contributed by atoms with van der Waals surface area (Å²) in [6.45, 7) is 1.88. The molecule has 0 spiro atoms. The minimum atomic E-state index is -0.567. The fourth-order valence-electron chi connectivity index (χ4n) is 2.72. The third-order valence-electron chi connectivity index (χ3n) is 4.17. The van der Waals surface area contributed by atoms with Gasteiger partial charge >= 0.3 is 0 Å². The van der Waals surface area contributed by atoms with E-state index in [9.17, 15) is 14.7 Å². The summed E-state index contributed by atoms with van der Waals surface area (Å²) < 4.78 is 11.0. The Morgan fingerprint density at radius 2 is 2.00 bits per heavy atom. The monoisotopic (exact) mass is 362 g/mol. The molecule has 1 aromatic rings. The lowest BCUT2D eigenvalue weighted by atomic mass is 10.0. The fraction of sp³-hybridized carbons (Fsp3) is 0.474. The number of para-hydroxylation sites is 1. The summed E-state index contributed by atoms with van der Waals surface area (Å²) in [6, 6.07) is 7.09. The van der Waals surface area contributed by atoms with Gasteiger partial charge in [0.15, 0.2) is 0 Å². The standard InChI is InChI=1S/C19H26N2O5/c1-3-18(23)21-15-9-8-14(26-17(15)12-22)10-19(24)20-11-13-6-4-5-7-16(13)25-2/h4-9,14-15,17,22H,3,10-12H2,1-2H3,(H,20,24)(H,21,23)/t14-,15-,17-/m1/s1. The van der Waals surface area contributed by atoms with Crippen molar-refractivity contribution in [3.05, 3.63) is 42.0 Å². The molecule has 142 valence electrons. The predicted octanol–water partition coefficient (Wildman–Crippen LogP) is 0.912. The van der Waals surface area contributed by atoms with E-state index in [4.69, 9.17) is 9.47 Å². The van der Waals surface area contributed by atoms with Gasteiger partial charge in [0.05, 0.1) is 32.3 Å². The van der Waals surface area contributed by atoms with E-state index in [0.29, 0.717) is 13.0 Å². The Morgan fingerprint density at radius 3 is 2.69 bits per heavy atom. The number of aliphatic hydroxyl groups excluding tert-OH is 1. The Bertz CT molecular complexity index is 647. The van der Waals surface area contributed by atoms with Gasteiger partial charge in [0.25, 0.3) is 0 Å². The van der Waals surface area contributed by atoms with Crippen molar-refractivity contribution in [2.75, 3.05) is 13.7 Å². The molecule has 26 heavy (non-hydrogen) atoms. The average molecular weight is 362 g/mol. The molecule has 1 heterocycles. The molecular weight excluding hydrogens is 336 g/mol. The van der Waals surface area contributed by atoms with Crippen molar-refractivity contribution in [1.29, 1.82) is 0 Å². The molecule has 7 nitrogen and oxygen atoms in total. The number of methoxy groups -OCH3 is 1. The summed E-state index contributed by atoms with van der Waals surface area (Å²) in [5, 5.41) is 15.1. The van der Waals surface area contributed by atoms with Gasteiger partial charge in [0.2, 0.25) is 11.8 Å². The minimum absolute atomic E-state index is 0.116. The summed E-state index contributed by atoms with van der Waals surface area (Å²) in [6.07, 6.45) is 3.00. The molecule has 0 saturated carbocycles. The first kappa shape index (κ1) is 19.9. The van der Waals surface area contributed by atoms with Crippen LogP contribution in [0.5, 0.6) is 5.75 Å². The smallest absolute Gasteiger partial charge is 0.223 e. The van der Waals surface area contributed by atoms with Crippen molar-refractivity contribution >= 4 is 11.8 Å². The first-order chi connectivity index (χ1) is 12.6. The molecule has 0 radical (unpaired) electrons. The van der Waals surface area contributed by atoms with Crippen LogP contribution >= 0.6 is 0 Å². The van der Waals surface area contributed by atoms with Gasteiger partial charge in [-0.05, 0) is 6.07 Å². The second-order valence-electron chi connectivity index (χ2n) is 6.02. The Kier molecular flexibility index (Phi) is 7.62. The third-order valence-corrected chi connectivity index (χ3v) is 4.17. The van der Waals surface area contributed by atoms with Crippen LogP contribution < -0.4 is 15.4 Å². The molecule has 0 aliphatic carbocycles. The van der Waals surface area contributed by atoms with E-state index >= 15 is 0 Å². The van der Waals surface area contributed by atoms with E-state index in [0.717, 1.165) is 11.3 Å². The summed E-state index contributed by atoms with van der Waals surface area (Å²) in [5.74, 6) is 0.435. The number of hydrogen-bond donors (Lipinski definition) is 3. The SMILES string of the molecule is CCC(=O)N[C@@H]1C=C[C@H](CC(=O)NCc2ccccc2OC)O[C@@H]1CO. The third kappa shape index (κ3) is 5.57. The molecular formula is C19H26N2O5. The molecule has 3 atom stereocenters.